The molecule has 0 saturated heterocycles. The van der Waals surface area contributed by atoms with Gasteiger partial charge in [-0.2, -0.15) is 0 Å². The number of carbonyl (C=O) groups is 5. The summed E-state index contributed by atoms with van der Waals surface area (Å²) >= 11 is 0. The summed E-state index contributed by atoms with van der Waals surface area (Å²) in [7, 11) is 0. The summed E-state index contributed by atoms with van der Waals surface area (Å²) in [5, 5.41) is 10.3. The summed E-state index contributed by atoms with van der Waals surface area (Å²) in [6, 6.07) is 4.15. The highest BCUT2D eigenvalue weighted by Gasteiger charge is 2.28. The molecule has 12 heteroatoms. The molecule has 0 aromatic heterocycles. The molecule has 1 heterocycles. The molecule has 34 heavy (non-hydrogen) atoms. The van der Waals surface area contributed by atoms with E-state index in [9.17, 15) is 24.0 Å². The normalized spacial score (nSPS) is 19.4. The first kappa shape index (κ1) is 26.6. The van der Waals surface area contributed by atoms with Gasteiger partial charge in [-0.05, 0) is 25.5 Å². The molecule has 1 aliphatic rings. The van der Waals surface area contributed by atoms with Crippen LogP contribution in [0.25, 0.3) is 0 Å². The summed E-state index contributed by atoms with van der Waals surface area (Å²) in [6.07, 6.45) is -0.579. The van der Waals surface area contributed by atoms with Crippen molar-refractivity contribution in [3.63, 3.8) is 0 Å². The summed E-state index contributed by atoms with van der Waals surface area (Å²) in [5.41, 5.74) is 5.35. The van der Waals surface area contributed by atoms with E-state index < -0.39 is 48.0 Å². The maximum Gasteiger partial charge on any atom is 0.255 e. The van der Waals surface area contributed by atoms with Gasteiger partial charge in [0.1, 0.15) is 24.4 Å². The van der Waals surface area contributed by atoms with Crippen molar-refractivity contribution in [1.82, 2.24) is 21.3 Å². The van der Waals surface area contributed by atoms with E-state index >= 15 is 0 Å². The number of nitrogens with one attached hydrogen (secondary N) is 4. The van der Waals surface area contributed by atoms with Crippen LogP contribution in [0.4, 0.5) is 0 Å². The smallest absolute Gasteiger partial charge is 0.255 e. The second-order valence-corrected chi connectivity index (χ2v) is 7.48. The van der Waals surface area contributed by atoms with Crippen molar-refractivity contribution in [2.45, 2.75) is 38.3 Å². The van der Waals surface area contributed by atoms with Crippen molar-refractivity contribution in [1.29, 1.82) is 0 Å². The van der Waals surface area contributed by atoms with Gasteiger partial charge in [0.2, 0.25) is 23.6 Å². The largest absolute Gasteiger partial charge is 0.491 e. The number of primary amides is 1. The maximum atomic E-state index is 12.9. The molecule has 6 N–H and O–H groups in total. The van der Waals surface area contributed by atoms with Crippen LogP contribution in [0.3, 0.4) is 0 Å². The number of fused-ring (bicyclic) bond motifs is 1. The average molecular weight is 478 g/mol. The molecule has 0 saturated carbocycles. The first-order chi connectivity index (χ1) is 16.3. The fraction of sp³-hybridized carbons (Fsp3) is 0.500. The monoisotopic (exact) mass is 477 g/mol. The molecule has 12 nitrogen and oxygen atoms in total. The molecular formula is C22H31N5O7. The Morgan fingerprint density at radius 3 is 2.71 bits per heavy atom. The second kappa shape index (κ2) is 13.8. The Labute approximate surface area is 197 Å². The van der Waals surface area contributed by atoms with Crippen molar-refractivity contribution in [3.8, 4) is 5.75 Å². The first-order valence-corrected chi connectivity index (χ1v) is 11.0. The Morgan fingerprint density at radius 2 is 1.97 bits per heavy atom. The van der Waals surface area contributed by atoms with Crippen LogP contribution >= 0.6 is 0 Å². The van der Waals surface area contributed by atoms with Crippen LogP contribution in [-0.4, -0.2) is 74.5 Å². The van der Waals surface area contributed by atoms with Crippen LogP contribution in [-0.2, 0) is 23.9 Å². The number of nitrogens with two attached hydrogens (primary N) is 1. The van der Waals surface area contributed by atoms with Crippen molar-refractivity contribution in [2.75, 3.05) is 32.9 Å². The van der Waals surface area contributed by atoms with Gasteiger partial charge < -0.3 is 36.5 Å². The Kier molecular flexibility index (Phi) is 10.8. The fourth-order valence-corrected chi connectivity index (χ4v) is 3.19. The van der Waals surface area contributed by atoms with Gasteiger partial charge in [0, 0.05) is 19.6 Å². The van der Waals surface area contributed by atoms with Crippen molar-refractivity contribution in [3.05, 3.63) is 29.8 Å². The topological polar surface area (TPSA) is 178 Å². The molecule has 0 radical (unpaired) electrons. The lowest BCUT2D eigenvalue weighted by Gasteiger charge is -2.23. The number of ether oxygens (including phenoxy) is 2. The van der Waals surface area contributed by atoms with E-state index in [1.165, 1.54) is 6.07 Å². The Balaban J connectivity index is 2.25. The Morgan fingerprint density at radius 1 is 1.21 bits per heavy atom. The standard InChI is InChI=1S/C22H31N5O7/c1-2-33-11-9-24-22(32)16-13-19(29)26-15(7-8-18(23)28)21(31)25-10-12-34-17-6-4-3-5-14(17)20(30)27-16/h3-6,15-16H,2,7-13H2,1H3,(H2,23,28)(H,24,32)(H,25,31)(H,26,29)(H,27,30)/t15-,16-/m0/s1. The highest BCUT2D eigenvalue weighted by molar-refractivity contribution is 6.01. The van der Waals surface area contributed by atoms with Gasteiger partial charge in [-0.15, -0.1) is 0 Å². The number of amides is 5. The predicted molar refractivity (Wildman–Crippen MR) is 121 cm³/mol. The number of hydrogen-bond acceptors (Lipinski definition) is 7. The molecule has 2 rings (SSSR count). The minimum atomic E-state index is -1.23. The number of hydrogen-bond donors (Lipinski definition) is 5. The van der Waals surface area contributed by atoms with Gasteiger partial charge in [0.25, 0.3) is 5.91 Å². The van der Waals surface area contributed by atoms with E-state index in [1.807, 2.05) is 6.92 Å². The number of carbonyl (C=O) groups excluding carboxylic acids is 5. The van der Waals surface area contributed by atoms with Gasteiger partial charge in [0.15, 0.2) is 0 Å². The molecule has 1 aromatic rings. The molecular weight excluding hydrogens is 446 g/mol. The van der Waals surface area contributed by atoms with Crippen LogP contribution in [0.1, 0.15) is 36.5 Å². The third-order valence-corrected chi connectivity index (χ3v) is 4.88. The van der Waals surface area contributed by atoms with E-state index in [0.29, 0.717) is 6.61 Å². The lowest BCUT2D eigenvalue weighted by molar-refractivity contribution is -0.131. The van der Waals surface area contributed by atoms with Crippen molar-refractivity contribution in [2.24, 2.45) is 5.73 Å². The second-order valence-electron chi connectivity index (χ2n) is 7.48. The highest BCUT2D eigenvalue weighted by Crippen LogP contribution is 2.18. The van der Waals surface area contributed by atoms with Crippen LogP contribution < -0.4 is 31.7 Å². The molecule has 1 aromatic carbocycles. The van der Waals surface area contributed by atoms with Gasteiger partial charge >= 0.3 is 0 Å². The molecule has 0 fully saturated rings. The van der Waals surface area contributed by atoms with Crippen molar-refractivity contribution < 1.29 is 33.4 Å². The summed E-state index contributed by atoms with van der Waals surface area (Å²) in [5.74, 6) is -2.73. The quantitative estimate of drug-likeness (QED) is 0.285. The first-order valence-electron chi connectivity index (χ1n) is 11.0. The van der Waals surface area contributed by atoms with E-state index in [4.69, 9.17) is 15.2 Å². The minimum absolute atomic E-state index is 0.0197. The van der Waals surface area contributed by atoms with Gasteiger partial charge in [-0.3, -0.25) is 24.0 Å². The predicted octanol–water partition coefficient (Wildman–Crippen LogP) is -1.41. The molecule has 0 unspecified atom stereocenters. The zero-order chi connectivity index (χ0) is 24.9. The lowest BCUT2D eigenvalue weighted by atomic mass is 10.1. The summed E-state index contributed by atoms with van der Waals surface area (Å²) < 4.78 is 10.8. The lowest BCUT2D eigenvalue weighted by Crippen LogP contribution is -2.53. The maximum absolute atomic E-state index is 12.9. The average Bonchev–Trinajstić information content (AvgIpc) is 2.81. The number of benzene rings is 1. The van der Waals surface area contributed by atoms with Crippen LogP contribution in [0.2, 0.25) is 0 Å². The van der Waals surface area contributed by atoms with E-state index in [0.717, 1.165) is 0 Å². The number of rotatable bonds is 8. The van der Waals surface area contributed by atoms with Crippen molar-refractivity contribution >= 4 is 29.5 Å². The zero-order valence-corrected chi connectivity index (χ0v) is 19.1. The molecule has 1 aliphatic heterocycles. The third kappa shape index (κ3) is 8.70. The summed E-state index contributed by atoms with van der Waals surface area (Å²) in [4.78, 5) is 62.1. The molecule has 0 bridgehead atoms. The van der Waals surface area contributed by atoms with Crippen LogP contribution in [0.15, 0.2) is 24.3 Å². The van der Waals surface area contributed by atoms with E-state index in [-0.39, 0.29) is 50.5 Å². The Bertz CT molecular complexity index is 892. The van der Waals surface area contributed by atoms with Crippen LogP contribution in [0.5, 0.6) is 5.75 Å². The molecule has 186 valence electrons. The minimum Gasteiger partial charge on any atom is -0.491 e. The van der Waals surface area contributed by atoms with E-state index in [1.54, 1.807) is 18.2 Å². The number of para-hydroxylation sites is 1. The van der Waals surface area contributed by atoms with Crippen LogP contribution in [0, 0.1) is 0 Å². The van der Waals surface area contributed by atoms with Gasteiger partial charge in [0.05, 0.1) is 25.1 Å². The molecule has 0 spiro atoms. The SMILES string of the molecule is CCOCCNC(=O)[C@@H]1CC(=O)N[C@@H](CCC(N)=O)C(=O)NCCOc2ccccc2C(=O)N1. The third-order valence-electron chi connectivity index (χ3n) is 4.88. The highest BCUT2D eigenvalue weighted by atomic mass is 16.5. The van der Waals surface area contributed by atoms with Gasteiger partial charge in [-0.1, -0.05) is 12.1 Å². The molecule has 2 atom stereocenters. The Hall–Kier alpha value is -3.67. The zero-order valence-electron chi connectivity index (χ0n) is 19.1. The molecule has 5 amide bonds. The fourth-order valence-electron chi connectivity index (χ4n) is 3.19. The molecule has 0 aliphatic carbocycles. The van der Waals surface area contributed by atoms with E-state index in [2.05, 4.69) is 21.3 Å². The summed E-state index contributed by atoms with van der Waals surface area (Å²) in [6.45, 7) is 2.89. The van der Waals surface area contributed by atoms with Gasteiger partial charge in [-0.25, -0.2) is 0 Å².